The summed E-state index contributed by atoms with van der Waals surface area (Å²) in [6.45, 7) is 5.47. The summed E-state index contributed by atoms with van der Waals surface area (Å²) in [4.78, 5) is 19.6. The molecule has 156 valence electrons. The van der Waals surface area contributed by atoms with E-state index in [-0.39, 0.29) is 5.91 Å². The summed E-state index contributed by atoms with van der Waals surface area (Å²) in [5.74, 6) is 0.449. The van der Waals surface area contributed by atoms with E-state index in [0.717, 1.165) is 60.0 Å². The molecule has 0 bridgehead atoms. The Morgan fingerprint density at radius 2 is 1.90 bits per heavy atom. The zero-order chi connectivity index (χ0) is 21.3. The van der Waals surface area contributed by atoms with E-state index in [4.69, 9.17) is 16.6 Å². The molecule has 0 unspecified atom stereocenters. The number of aromatic nitrogens is 3. The van der Waals surface area contributed by atoms with E-state index < -0.39 is 0 Å². The van der Waals surface area contributed by atoms with Crippen LogP contribution in [0.25, 0.3) is 0 Å². The third-order valence-electron chi connectivity index (χ3n) is 6.05. The van der Waals surface area contributed by atoms with Gasteiger partial charge in [0.2, 0.25) is 0 Å². The molecule has 0 aliphatic carbocycles. The van der Waals surface area contributed by atoms with Crippen LogP contribution in [0.15, 0.2) is 42.6 Å². The Labute approximate surface area is 182 Å². The predicted octanol–water partition coefficient (Wildman–Crippen LogP) is 4.70. The van der Waals surface area contributed by atoms with E-state index in [1.54, 1.807) is 10.9 Å². The van der Waals surface area contributed by atoms with E-state index in [1.807, 2.05) is 44.0 Å². The summed E-state index contributed by atoms with van der Waals surface area (Å²) in [6.07, 6.45) is 4.32. The van der Waals surface area contributed by atoms with Gasteiger partial charge < -0.3 is 4.90 Å². The molecule has 1 aliphatic rings. The Morgan fingerprint density at radius 3 is 2.57 bits per heavy atom. The molecule has 0 radical (unpaired) electrons. The van der Waals surface area contributed by atoms with Crippen molar-refractivity contribution in [1.82, 2.24) is 19.7 Å². The van der Waals surface area contributed by atoms with Gasteiger partial charge >= 0.3 is 0 Å². The van der Waals surface area contributed by atoms with Crippen LogP contribution in [-0.4, -0.2) is 38.7 Å². The zero-order valence-electron chi connectivity index (χ0n) is 17.7. The number of benzene rings is 1. The molecule has 3 heterocycles. The van der Waals surface area contributed by atoms with Crippen molar-refractivity contribution in [3.8, 4) is 0 Å². The van der Waals surface area contributed by atoms with Crippen LogP contribution in [0.4, 0.5) is 0 Å². The lowest BCUT2D eigenvalue weighted by atomic mass is 9.91. The van der Waals surface area contributed by atoms with E-state index in [2.05, 4.69) is 23.3 Å². The lowest BCUT2D eigenvalue weighted by molar-refractivity contribution is 0.0711. The average Bonchev–Trinajstić information content (AvgIpc) is 3.07. The first kappa shape index (κ1) is 20.6. The molecular formula is C24H27ClN4O. The summed E-state index contributed by atoms with van der Waals surface area (Å²) in [6, 6.07) is 12.3. The smallest absolute Gasteiger partial charge is 0.257 e. The quantitative estimate of drug-likeness (QED) is 0.612. The zero-order valence-corrected chi connectivity index (χ0v) is 18.5. The molecule has 1 aromatic carbocycles. The molecule has 6 heteroatoms. The number of likely N-dealkylation sites (tertiary alicyclic amines) is 1. The van der Waals surface area contributed by atoms with Crippen LogP contribution in [0.5, 0.6) is 0 Å². The van der Waals surface area contributed by atoms with Gasteiger partial charge in [0.15, 0.2) is 0 Å². The van der Waals surface area contributed by atoms with Crippen LogP contribution >= 0.6 is 11.6 Å². The van der Waals surface area contributed by atoms with Gasteiger partial charge in [-0.1, -0.05) is 29.8 Å². The Morgan fingerprint density at radius 1 is 1.17 bits per heavy atom. The lowest BCUT2D eigenvalue weighted by Crippen LogP contribution is -2.38. The van der Waals surface area contributed by atoms with Crippen molar-refractivity contribution >= 4 is 17.5 Å². The van der Waals surface area contributed by atoms with Crippen molar-refractivity contribution in [3.05, 3.63) is 81.4 Å². The van der Waals surface area contributed by atoms with E-state index >= 15 is 0 Å². The Balaban J connectivity index is 1.46. The highest BCUT2D eigenvalue weighted by atomic mass is 35.5. The van der Waals surface area contributed by atoms with Gasteiger partial charge in [0.1, 0.15) is 0 Å². The monoisotopic (exact) mass is 422 g/mol. The van der Waals surface area contributed by atoms with Gasteiger partial charge in [-0.3, -0.25) is 14.5 Å². The molecule has 1 aliphatic heterocycles. The number of carbonyl (C=O) groups excluding carboxylic acids is 1. The minimum absolute atomic E-state index is 0.0793. The van der Waals surface area contributed by atoms with Crippen molar-refractivity contribution in [2.45, 2.75) is 39.0 Å². The summed E-state index contributed by atoms with van der Waals surface area (Å²) in [5.41, 5.74) is 6.12. The van der Waals surface area contributed by atoms with Crippen molar-refractivity contribution in [2.24, 2.45) is 7.05 Å². The minimum atomic E-state index is 0.0793. The number of pyridine rings is 1. The maximum Gasteiger partial charge on any atom is 0.257 e. The number of hydrogen-bond donors (Lipinski definition) is 0. The first-order chi connectivity index (χ1) is 14.4. The van der Waals surface area contributed by atoms with Crippen LogP contribution < -0.4 is 0 Å². The molecule has 1 amide bonds. The van der Waals surface area contributed by atoms with Gasteiger partial charge in [0, 0.05) is 48.2 Å². The molecule has 0 N–H and O–H groups in total. The van der Waals surface area contributed by atoms with Crippen molar-refractivity contribution in [1.29, 1.82) is 0 Å². The number of aryl methyl sites for hydroxylation is 2. The Hall–Kier alpha value is -2.66. The van der Waals surface area contributed by atoms with Gasteiger partial charge in [0.25, 0.3) is 5.91 Å². The fourth-order valence-corrected chi connectivity index (χ4v) is 4.40. The van der Waals surface area contributed by atoms with Crippen LogP contribution in [0, 0.1) is 13.8 Å². The predicted molar refractivity (Wildman–Crippen MR) is 119 cm³/mol. The second kappa shape index (κ2) is 8.60. The van der Waals surface area contributed by atoms with E-state index in [9.17, 15) is 4.79 Å². The van der Waals surface area contributed by atoms with Crippen LogP contribution in [0.3, 0.4) is 0 Å². The van der Waals surface area contributed by atoms with Gasteiger partial charge in [0.05, 0.1) is 11.8 Å². The third kappa shape index (κ3) is 4.26. The molecule has 4 rings (SSSR count). The Bertz CT molecular complexity index is 1070. The second-order valence-corrected chi connectivity index (χ2v) is 8.55. The largest absolute Gasteiger partial charge is 0.338 e. The summed E-state index contributed by atoms with van der Waals surface area (Å²) in [7, 11) is 1.86. The van der Waals surface area contributed by atoms with Gasteiger partial charge in [-0.25, -0.2) is 0 Å². The number of rotatable bonds is 4. The van der Waals surface area contributed by atoms with Crippen molar-refractivity contribution in [2.75, 3.05) is 13.1 Å². The maximum atomic E-state index is 12.9. The number of amides is 1. The average molecular weight is 423 g/mol. The first-order valence-electron chi connectivity index (χ1n) is 10.4. The molecule has 2 aromatic heterocycles. The van der Waals surface area contributed by atoms with Crippen molar-refractivity contribution < 1.29 is 4.79 Å². The first-order valence-corrected chi connectivity index (χ1v) is 10.8. The van der Waals surface area contributed by atoms with Gasteiger partial charge in [-0.05, 0) is 62.4 Å². The number of halogens is 1. The summed E-state index contributed by atoms with van der Waals surface area (Å²) in [5, 5.41) is 5.00. The molecule has 3 aromatic rings. The minimum Gasteiger partial charge on any atom is -0.338 e. The topological polar surface area (TPSA) is 51.0 Å². The lowest BCUT2D eigenvalue weighted by Gasteiger charge is -2.32. The molecular weight excluding hydrogens is 396 g/mol. The number of carbonyl (C=O) groups is 1. The number of piperidine rings is 1. The SMILES string of the molecule is Cc1cc(Cc2ccccc2Cl)cc(C2CCN(C(=O)c3cnn(C)c3C)CC2)n1. The normalized spacial score (nSPS) is 14.9. The van der Waals surface area contributed by atoms with Crippen LogP contribution in [0.2, 0.25) is 5.02 Å². The maximum absolute atomic E-state index is 12.9. The molecule has 0 spiro atoms. The molecule has 0 atom stereocenters. The molecule has 1 fully saturated rings. The van der Waals surface area contributed by atoms with Gasteiger partial charge in [-0.2, -0.15) is 5.10 Å². The highest BCUT2D eigenvalue weighted by Crippen LogP contribution is 2.29. The standard InChI is InChI=1S/C24H27ClN4O/c1-16-12-18(13-20-6-4-5-7-22(20)25)14-23(27-16)19-8-10-29(11-9-19)24(30)21-15-26-28(3)17(21)2/h4-7,12,14-15,19H,8-11,13H2,1-3H3. The third-order valence-corrected chi connectivity index (χ3v) is 6.42. The fourth-order valence-electron chi connectivity index (χ4n) is 4.20. The van der Waals surface area contributed by atoms with E-state index in [0.29, 0.717) is 11.5 Å². The molecule has 30 heavy (non-hydrogen) atoms. The van der Waals surface area contributed by atoms with Crippen LogP contribution in [0.1, 0.15) is 57.3 Å². The molecule has 5 nitrogen and oxygen atoms in total. The molecule has 0 saturated carbocycles. The summed E-state index contributed by atoms with van der Waals surface area (Å²) < 4.78 is 1.75. The van der Waals surface area contributed by atoms with Gasteiger partial charge in [-0.15, -0.1) is 0 Å². The van der Waals surface area contributed by atoms with Crippen molar-refractivity contribution in [3.63, 3.8) is 0 Å². The number of hydrogen-bond acceptors (Lipinski definition) is 3. The highest BCUT2D eigenvalue weighted by Gasteiger charge is 2.27. The van der Waals surface area contributed by atoms with E-state index in [1.165, 1.54) is 5.56 Å². The number of nitrogens with zero attached hydrogens (tertiary/aromatic N) is 4. The second-order valence-electron chi connectivity index (χ2n) is 8.14. The molecule has 1 saturated heterocycles. The highest BCUT2D eigenvalue weighted by molar-refractivity contribution is 6.31. The van der Waals surface area contributed by atoms with Crippen LogP contribution in [-0.2, 0) is 13.5 Å². The Kier molecular flexibility index (Phi) is 5.91. The summed E-state index contributed by atoms with van der Waals surface area (Å²) >= 11 is 6.35. The fraction of sp³-hybridized carbons (Fsp3) is 0.375.